The Morgan fingerprint density at radius 2 is 1.59 bits per heavy atom. The van der Waals surface area contributed by atoms with Crippen molar-refractivity contribution in [2.24, 2.45) is 0 Å². The van der Waals surface area contributed by atoms with E-state index in [1.807, 2.05) is 6.08 Å². The summed E-state index contributed by atoms with van der Waals surface area (Å²) in [6.45, 7) is 4.87. The summed E-state index contributed by atoms with van der Waals surface area (Å²) in [5.41, 5.74) is 0. The highest BCUT2D eigenvalue weighted by Crippen LogP contribution is 2.07. The molecule has 0 aliphatic heterocycles. The fourth-order valence-electron chi connectivity index (χ4n) is 1.59. The van der Waals surface area contributed by atoms with Crippen LogP contribution in [0.15, 0.2) is 12.2 Å². The second-order valence-corrected chi connectivity index (χ2v) is 4.48. The summed E-state index contributed by atoms with van der Waals surface area (Å²) in [6, 6.07) is 0. The molecule has 0 aromatic carbocycles. The van der Waals surface area contributed by atoms with Crippen LogP contribution in [0.25, 0.3) is 0 Å². The third-order valence-corrected chi connectivity index (χ3v) is 2.72. The van der Waals surface area contributed by atoms with Crippen molar-refractivity contribution >= 4 is 5.97 Å². The molecule has 100 valence electrons. The van der Waals surface area contributed by atoms with Crippen molar-refractivity contribution in [1.29, 1.82) is 0 Å². The number of carbonyl (C=O) groups excluding carboxylic acids is 1. The lowest BCUT2D eigenvalue weighted by molar-refractivity contribution is -0.137. The van der Waals surface area contributed by atoms with Crippen LogP contribution in [0.5, 0.6) is 0 Å². The van der Waals surface area contributed by atoms with Gasteiger partial charge in [0.2, 0.25) is 0 Å². The Labute approximate surface area is 106 Å². The molecule has 0 aromatic heterocycles. The van der Waals surface area contributed by atoms with Gasteiger partial charge in [-0.1, -0.05) is 58.4 Å². The number of hydrogen-bond donors (Lipinski definition) is 0. The summed E-state index contributed by atoms with van der Waals surface area (Å²) in [5, 5.41) is 0. The van der Waals surface area contributed by atoms with Gasteiger partial charge in [-0.2, -0.15) is 0 Å². The molecule has 0 heterocycles. The fourth-order valence-corrected chi connectivity index (χ4v) is 1.59. The quantitative estimate of drug-likeness (QED) is 0.299. The summed E-state index contributed by atoms with van der Waals surface area (Å²) in [7, 11) is 0. The van der Waals surface area contributed by atoms with E-state index >= 15 is 0 Å². The van der Waals surface area contributed by atoms with Crippen molar-refractivity contribution in [3.63, 3.8) is 0 Å². The molecule has 0 unspecified atom stereocenters. The first-order valence-electron chi connectivity index (χ1n) is 7.14. The van der Waals surface area contributed by atoms with E-state index in [1.165, 1.54) is 38.5 Å². The van der Waals surface area contributed by atoms with E-state index < -0.39 is 0 Å². The van der Waals surface area contributed by atoms with Gasteiger partial charge in [0.15, 0.2) is 0 Å². The highest BCUT2D eigenvalue weighted by Gasteiger charge is 1.94. The molecule has 2 nitrogen and oxygen atoms in total. The first-order valence-corrected chi connectivity index (χ1v) is 7.14. The molecule has 0 saturated carbocycles. The second kappa shape index (κ2) is 13.3. The third-order valence-electron chi connectivity index (χ3n) is 2.72. The molecular weight excluding hydrogens is 212 g/mol. The zero-order valence-corrected chi connectivity index (χ0v) is 11.5. The topological polar surface area (TPSA) is 26.3 Å². The number of unbranched alkanes of at least 4 members (excludes halogenated alkanes) is 7. The largest absolute Gasteiger partial charge is 0.463 e. The van der Waals surface area contributed by atoms with Gasteiger partial charge in [-0.3, -0.25) is 0 Å². The van der Waals surface area contributed by atoms with Crippen LogP contribution in [-0.2, 0) is 9.53 Å². The summed E-state index contributed by atoms with van der Waals surface area (Å²) in [4.78, 5) is 11.2. The Hall–Kier alpha value is -0.790. The Morgan fingerprint density at radius 1 is 0.941 bits per heavy atom. The van der Waals surface area contributed by atoms with Crippen LogP contribution in [0.2, 0.25) is 0 Å². The zero-order chi connectivity index (χ0) is 12.8. The predicted octanol–water partition coefficient (Wildman–Crippen LogP) is 4.64. The number of esters is 1. The lowest BCUT2D eigenvalue weighted by Crippen LogP contribution is -2.01. The smallest absolute Gasteiger partial charge is 0.330 e. The highest BCUT2D eigenvalue weighted by molar-refractivity contribution is 5.81. The Morgan fingerprint density at radius 3 is 2.29 bits per heavy atom. The van der Waals surface area contributed by atoms with Crippen molar-refractivity contribution in [1.82, 2.24) is 0 Å². The van der Waals surface area contributed by atoms with Gasteiger partial charge in [0.05, 0.1) is 6.61 Å². The lowest BCUT2D eigenvalue weighted by atomic mass is 10.1. The molecule has 0 aliphatic rings. The lowest BCUT2D eigenvalue weighted by Gasteiger charge is -1.99. The van der Waals surface area contributed by atoms with Crippen molar-refractivity contribution in [2.75, 3.05) is 6.61 Å². The summed E-state index contributed by atoms with van der Waals surface area (Å²) in [5.74, 6) is -0.190. The van der Waals surface area contributed by atoms with Gasteiger partial charge < -0.3 is 4.74 Å². The van der Waals surface area contributed by atoms with Crippen LogP contribution in [0.3, 0.4) is 0 Å². The normalized spacial score (nSPS) is 10.9. The average molecular weight is 240 g/mol. The van der Waals surface area contributed by atoms with Crippen LogP contribution in [0, 0.1) is 0 Å². The molecule has 2 heteroatoms. The zero-order valence-electron chi connectivity index (χ0n) is 11.5. The molecule has 0 saturated heterocycles. The van der Waals surface area contributed by atoms with Gasteiger partial charge in [-0.25, -0.2) is 4.79 Å². The molecule has 0 N–H and O–H groups in total. The van der Waals surface area contributed by atoms with E-state index in [0.717, 1.165) is 19.3 Å². The van der Waals surface area contributed by atoms with Gasteiger partial charge in [-0.15, -0.1) is 0 Å². The Kier molecular flexibility index (Phi) is 12.7. The summed E-state index contributed by atoms with van der Waals surface area (Å²) < 4.78 is 5.02. The van der Waals surface area contributed by atoms with E-state index in [1.54, 1.807) is 6.08 Å². The van der Waals surface area contributed by atoms with Crippen LogP contribution in [0.1, 0.15) is 71.6 Å². The number of carbonyl (C=O) groups is 1. The molecule has 0 bridgehead atoms. The molecule has 0 rings (SSSR count). The van der Waals surface area contributed by atoms with Gasteiger partial charge in [0.25, 0.3) is 0 Å². The molecule has 0 atom stereocenters. The minimum absolute atomic E-state index is 0.190. The maximum Gasteiger partial charge on any atom is 0.330 e. The van der Waals surface area contributed by atoms with Crippen LogP contribution >= 0.6 is 0 Å². The summed E-state index contributed by atoms with van der Waals surface area (Å²) in [6.07, 6.45) is 14.3. The van der Waals surface area contributed by atoms with Gasteiger partial charge in [0, 0.05) is 6.08 Å². The van der Waals surface area contributed by atoms with Crippen molar-refractivity contribution in [3.8, 4) is 0 Å². The van der Waals surface area contributed by atoms with Gasteiger partial charge in [-0.05, 0) is 19.3 Å². The second-order valence-electron chi connectivity index (χ2n) is 4.48. The summed E-state index contributed by atoms with van der Waals surface area (Å²) >= 11 is 0. The average Bonchev–Trinajstić information content (AvgIpc) is 2.33. The highest BCUT2D eigenvalue weighted by atomic mass is 16.5. The van der Waals surface area contributed by atoms with Crippen LogP contribution < -0.4 is 0 Å². The molecular formula is C15H28O2. The molecule has 0 radical (unpaired) electrons. The van der Waals surface area contributed by atoms with Gasteiger partial charge in [0.1, 0.15) is 0 Å². The van der Waals surface area contributed by atoms with Crippen LogP contribution in [0.4, 0.5) is 0 Å². The minimum Gasteiger partial charge on any atom is -0.463 e. The van der Waals surface area contributed by atoms with E-state index in [9.17, 15) is 4.79 Å². The maximum absolute atomic E-state index is 11.2. The fraction of sp³-hybridized carbons (Fsp3) is 0.800. The van der Waals surface area contributed by atoms with Crippen molar-refractivity contribution < 1.29 is 9.53 Å². The molecule has 0 spiro atoms. The Balaban J connectivity index is 3.25. The number of hydrogen-bond acceptors (Lipinski definition) is 2. The first-order chi connectivity index (χ1) is 8.31. The number of allylic oxidation sites excluding steroid dienone is 1. The van der Waals surface area contributed by atoms with E-state index in [2.05, 4.69) is 13.8 Å². The van der Waals surface area contributed by atoms with E-state index in [4.69, 9.17) is 4.74 Å². The van der Waals surface area contributed by atoms with E-state index in [-0.39, 0.29) is 5.97 Å². The maximum atomic E-state index is 11.2. The Bertz CT molecular complexity index is 197. The van der Waals surface area contributed by atoms with Crippen LogP contribution in [-0.4, -0.2) is 12.6 Å². The molecule has 0 aromatic rings. The monoisotopic (exact) mass is 240 g/mol. The van der Waals surface area contributed by atoms with Gasteiger partial charge >= 0.3 is 5.97 Å². The third kappa shape index (κ3) is 13.1. The van der Waals surface area contributed by atoms with Crippen molar-refractivity contribution in [3.05, 3.63) is 12.2 Å². The van der Waals surface area contributed by atoms with Crippen molar-refractivity contribution in [2.45, 2.75) is 71.6 Å². The molecule has 17 heavy (non-hydrogen) atoms. The molecule has 0 amide bonds. The predicted molar refractivity (Wildman–Crippen MR) is 73.0 cm³/mol. The number of ether oxygens (including phenoxy) is 1. The SMILES string of the molecule is CCCCCCCCC=CC(=O)OCCCC. The van der Waals surface area contributed by atoms with E-state index in [0.29, 0.717) is 6.61 Å². The first kappa shape index (κ1) is 16.2. The standard InChI is InChI=1S/C15H28O2/c1-3-5-7-8-9-10-11-12-13-15(16)17-14-6-4-2/h12-13H,3-11,14H2,1-2H3. The number of rotatable bonds is 11. The molecule has 0 fully saturated rings. The minimum atomic E-state index is -0.190. The molecule has 0 aliphatic carbocycles.